The molecule has 0 radical (unpaired) electrons. The second-order valence-corrected chi connectivity index (χ2v) is 11.0. The summed E-state index contributed by atoms with van der Waals surface area (Å²) in [5.41, 5.74) is 2.92. The molecule has 0 fully saturated rings. The van der Waals surface area contributed by atoms with Crippen LogP contribution in [0.3, 0.4) is 0 Å². The van der Waals surface area contributed by atoms with Crippen molar-refractivity contribution >= 4 is 53.4 Å². The van der Waals surface area contributed by atoms with E-state index in [0.717, 1.165) is 0 Å². The van der Waals surface area contributed by atoms with Crippen LogP contribution in [0.5, 0.6) is 0 Å². The van der Waals surface area contributed by atoms with Gasteiger partial charge in [0.2, 0.25) is 0 Å². The summed E-state index contributed by atoms with van der Waals surface area (Å²) in [5.74, 6) is 0. The molecule has 0 N–H and O–H groups in total. The van der Waals surface area contributed by atoms with Gasteiger partial charge in [-0.25, -0.2) is 0 Å². The first kappa shape index (κ1) is 25.8. The summed E-state index contributed by atoms with van der Waals surface area (Å²) in [4.78, 5) is 0. The summed E-state index contributed by atoms with van der Waals surface area (Å²) >= 11 is 7.91. The molecule has 0 unspecified atom stereocenters. The highest BCUT2D eigenvalue weighted by atomic mass is 79.9. The lowest BCUT2D eigenvalue weighted by Gasteiger charge is -2.13. The summed E-state index contributed by atoms with van der Waals surface area (Å²) in [6.07, 6.45) is 18.6. The number of hydrogen-bond donors (Lipinski definition) is 0. The normalized spacial score (nSPS) is 11.6. The highest BCUT2D eigenvalue weighted by molar-refractivity contribution is 9.11. The van der Waals surface area contributed by atoms with Crippen LogP contribution in [0.2, 0.25) is 0 Å². The Hall–Kier alpha value is -0.860. The van der Waals surface area contributed by atoms with Gasteiger partial charge in [-0.15, -0.1) is 0 Å². The number of benzene rings is 3. The summed E-state index contributed by atoms with van der Waals surface area (Å²) in [6, 6.07) is 14.1. The molecular formula is C30H40Br2. The molecule has 3 aromatic rings. The van der Waals surface area contributed by atoms with E-state index in [0.29, 0.717) is 0 Å². The van der Waals surface area contributed by atoms with Crippen LogP contribution in [0.15, 0.2) is 45.3 Å². The molecule has 0 aliphatic heterocycles. The van der Waals surface area contributed by atoms with Crippen LogP contribution in [0.4, 0.5) is 0 Å². The minimum absolute atomic E-state index is 1.18. The Kier molecular flexibility index (Phi) is 11.1. The summed E-state index contributed by atoms with van der Waals surface area (Å²) in [6.45, 7) is 4.57. The molecule has 0 heterocycles. The second-order valence-electron chi connectivity index (χ2n) is 9.42. The Morgan fingerprint density at radius 3 is 1.25 bits per heavy atom. The van der Waals surface area contributed by atoms with Crippen molar-refractivity contribution in [3.8, 4) is 0 Å². The average Bonchev–Trinajstić information content (AvgIpc) is 2.82. The maximum Gasteiger partial charge on any atom is 0.0333 e. The highest BCUT2D eigenvalue weighted by Gasteiger charge is 2.12. The molecule has 0 saturated heterocycles. The SMILES string of the molecule is CCCCCCCCc1ccc2c(Br)c3cc(CCCCCCCC)ccc3c(Br)c2c1. The van der Waals surface area contributed by atoms with E-state index in [1.807, 2.05) is 0 Å². The molecule has 3 rings (SSSR count). The van der Waals surface area contributed by atoms with Gasteiger partial charge in [-0.2, -0.15) is 0 Å². The van der Waals surface area contributed by atoms with Gasteiger partial charge in [0.15, 0.2) is 0 Å². The van der Waals surface area contributed by atoms with Crippen molar-refractivity contribution in [1.82, 2.24) is 0 Å². The summed E-state index contributed by atoms with van der Waals surface area (Å²) in [5, 5.41) is 5.29. The van der Waals surface area contributed by atoms with E-state index in [2.05, 4.69) is 82.1 Å². The minimum atomic E-state index is 1.18. The third-order valence-electron chi connectivity index (χ3n) is 6.75. The van der Waals surface area contributed by atoms with E-state index in [1.54, 1.807) is 0 Å². The molecule has 174 valence electrons. The quantitative estimate of drug-likeness (QED) is 0.136. The third kappa shape index (κ3) is 7.07. The smallest absolute Gasteiger partial charge is 0.0333 e. The predicted molar refractivity (Wildman–Crippen MR) is 151 cm³/mol. The van der Waals surface area contributed by atoms with Crippen molar-refractivity contribution in [2.45, 2.75) is 104 Å². The summed E-state index contributed by atoms with van der Waals surface area (Å²) < 4.78 is 2.48. The van der Waals surface area contributed by atoms with Crippen molar-refractivity contribution in [2.75, 3.05) is 0 Å². The molecule has 0 aromatic heterocycles. The first-order valence-electron chi connectivity index (χ1n) is 13.0. The number of hydrogen-bond acceptors (Lipinski definition) is 0. The van der Waals surface area contributed by atoms with Crippen LogP contribution in [0, 0.1) is 0 Å². The average molecular weight is 560 g/mol. The van der Waals surface area contributed by atoms with E-state index in [9.17, 15) is 0 Å². The molecule has 2 heteroatoms. The number of fused-ring (bicyclic) bond motifs is 2. The van der Waals surface area contributed by atoms with Gasteiger partial charge in [0.05, 0.1) is 0 Å². The molecular weight excluding hydrogens is 520 g/mol. The van der Waals surface area contributed by atoms with Gasteiger partial charge >= 0.3 is 0 Å². The molecule has 0 aliphatic rings. The molecule has 0 saturated carbocycles. The number of rotatable bonds is 14. The molecule has 32 heavy (non-hydrogen) atoms. The van der Waals surface area contributed by atoms with E-state index in [-0.39, 0.29) is 0 Å². The van der Waals surface area contributed by atoms with Gasteiger partial charge in [0, 0.05) is 8.95 Å². The first-order chi connectivity index (χ1) is 15.7. The molecule has 0 spiro atoms. The predicted octanol–water partition coefficient (Wildman–Crippen LogP) is 11.3. The van der Waals surface area contributed by atoms with Crippen LogP contribution in [0.1, 0.15) is 102 Å². The van der Waals surface area contributed by atoms with Crippen LogP contribution in [-0.2, 0) is 12.8 Å². The van der Waals surface area contributed by atoms with Crippen molar-refractivity contribution in [2.24, 2.45) is 0 Å². The van der Waals surface area contributed by atoms with E-state index in [1.165, 1.54) is 132 Å². The lowest BCUT2D eigenvalue weighted by Crippen LogP contribution is -1.91. The largest absolute Gasteiger partial charge is 0.0654 e. The van der Waals surface area contributed by atoms with Crippen LogP contribution < -0.4 is 0 Å². The fraction of sp³-hybridized carbons (Fsp3) is 0.533. The van der Waals surface area contributed by atoms with Crippen LogP contribution in [0.25, 0.3) is 21.5 Å². The van der Waals surface area contributed by atoms with Gasteiger partial charge in [0.1, 0.15) is 0 Å². The van der Waals surface area contributed by atoms with Gasteiger partial charge in [-0.3, -0.25) is 0 Å². The van der Waals surface area contributed by atoms with E-state index in [4.69, 9.17) is 0 Å². The van der Waals surface area contributed by atoms with Gasteiger partial charge in [-0.05, 0) is 102 Å². The number of halogens is 2. The monoisotopic (exact) mass is 558 g/mol. The topological polar surface area (TPSA) is 0 Å². The van der Waals surface area contributed by atoms with Gasteiger partial charge < -0.3 is 0 Å². The molecule has 0 amide bonds. The third-order valence-corrected chi connectivity index (χ3v) is 8.46. The molecule has 0 atom stereocenters. The summed E-state index contributed by atoms with van der Waals surface area (Å²) in [7, 11) is 0. The lowest BCUT2D eigenvalue weighted by molar-refractivity contribution is 0.607. The Balaban J connectivity index is 1.71. The van der Waals surface area contributed by atoms with E-state index >= 15 is 0 Å². The Labute approximate surface area is 212 Å². The fourth-order valence-electron chi connectivity index (χ4n) is 4.75. The molecule has 0 aliphatic carbocycles. The maximum absolute atomic E-state index is 3.95. The Bertz CT molecular complexity index is 908. The highest BCUT2D eigenvalue weighted by Crippen LogP contribution is 2.40. The van der Waals surface area contributed by atoms with Crippen molar-refractivity contribution in [1.29, 1.82) is 0 Å². The zero-order chi connectivity index (χ0) is 22.8. The minimum Gasteiger partial charge on any atom is -0.0654 e. The molecule has 3 aromatic carbocycles. The standard InChI is InChI=1S/C30H40Br2/c1-3-5-7-9-11-13-15-23-17-19-25-27(21-23)29(31)26-20-18-24(22-28(26)30(25)32)16-14-12-10-8-6-4-2/h17-22H,3-16H2,1-2H3. The Morgan fingerprint density at radius 1 is 0.469 bits per heavy atom. The zero-order valence-corrected chi connectivity index (χ0v) is 23.3. The van der Waals surface area contributed by atoms with Gasteiger partial charge in [0.25, 0.3) is 0 Å². The van der Waals surface area contributed by atoms with Crippen molar-refractivity contribution in [3.05, 3.63) is 56.5 Å². The van der Waals surface area contributed by atoms with E-state index < -0.39 is 0 Å². The van der Waals surface area contributed by atoms with Gasteiger partial charge in [-0.1, -0.05) is 102 Å². The molecule has 0 nitrogen and oxygen atoms in total. The lowest BCUT2D eigenvalue weighted by atomic mass is 9.97. The number of unbranched alkanes of at least 4 members (excludes halogenated alkanes) is 10. The number of aryl methyl sites for hydroxylation is 2. The first-order valence-corrected chi connectivity index (χ1v) is 14.6. The fourth-order valence-corrected chi connectivity index (χ4v) is 6.10. The second kappa shape index (κ2) is 13.8. The zero-order valence-electron chi connectivity index (χ0n) is 20.1. The van der Waals surface area contributed by atoms with Crippen molar-refractivity contribution < 1.29 is 0 Å². The molecule has 0 bridgehead atoms. The van der Waals surface area contributed by atoms with Crippen LogP contribution >= 0.6 is 31.9 Å². The van der Waals surface area contributed by atoms with Crippen molar-refractivity contribution in [3.63, 3.8) is 0 Å². The Morgan fingerprint density at radius 2 is 0.844 bits per heavy atom. The maximum atomic E-state index is 3.95. The van der Waals surface area contributed by atoms with Crippen LogP contribution in [-0.4, -0.2) is 0 Å².